The van der Waals surface area contributed by atoms with Crippen LogP contribution in [0.3, 0.4) is 0 Å². The second-order valence-corrected chi connectivity index (χ2v) is 5.97. The quantitative estimate of drug-likeness (QED) is 0.746. The molecule has 0 aliphatic rings. The van der Waals surface area contributed by atoms with Gasteiger partial charge in [-0.2, -0.15) is 0 Å². The van der Waals surface area contributed by atoms with Gasteiger partial charge in [0.1, 0.15) is 11.5 Å². The predicted molar refractivity (Wildman–Crippen MR) is 81.4 cm³/mol. The molecule has 0 atom stereocenters. The van der Waals surface area contributed by atoms with Gasteiger partial charge in [-0.25, -0.2) is 0 Å². The van der Waals surface area contributed by atoms with Gasteiger partial charge in [-0.1, -0.05) is 45.0 Å². The van der Waals surface area contributed by atoms with Crippen molar-refractivity contribution in [3.63, 3.8) is 0 Å². The molecule has 0 N–H and O–H groups in total. The van der Waals surface area contributed by atoms with E-state index >= 15 is 0 Å². The first kappa shape index (κ1) is 14.6. The Morgan fingerprint density at radius 1 is 1.15 bits per heavy atom. The third-order valence-electron chi connectivity index (χ3n) is 4.10. The van der Waals surface area contributed by atoms with Gasteiger partial charge in [0.05, 0.1) is 5.56 Å². The van der Waals surface area contributed by atoms with Crippen LogP contribution >= 0.6 is 0 Å². The summed E-state index contributed by atoms with van der Waals surface area (Å²) in [5.74, 6) is 1.49. The molecule has 0 radical (unpaired) electrons. The molecular formula is C18H22O2. The lowest BCUT2D eigenvalue weighted by Crippen LogP contribution is -2.15. The minimum Gasteiger partial charge on any atom is -0.466 e. The minimum atomic E-state index is 0.0280. The van der Waals surface area contributed by atoms with E-state index < -0.39 is 0 Å². The van der Waals surface area contributed by atoms with Gasteiger partial charge in [-0.15, -0.1) is 0 Å². The number of benzene rings is 1. The first-order chi connectivity index (χ1) is 9.35. The zero-order valence-corrected chi connectivity index (χ0v) is 12.9. The molecule has 0 aliphatic carbocycles. The summed E-state index contributed by atoms with van der Waals surface area (Å²) >= 11 is 0. The Bertz CT molecular complexity index is 615. The van der Waals surface area contributed by atoms with Gasteiger partial charge >= 0.3 is 0 Å². The van der Waals surface area contributed by atoms with Crippen molar-refractivity contribution in [1.82, 2.24) is 0 Å². The SMILES string of the molecule is CCC(C)(C)c1ccc(C(=O)c2cc(C)oc2C)cc1. The number of hydrogen-bond acceptors (Lipinski definition) is 2. The Kier molecular flexibility index (Phi) is 3.85. The number of rotatable bonds is 4. The molecule has 1 aromatic carbocycles. The van der Waals surface area contributed by atoms with Gasteiger partial charge < -0.3 is 4.42 Å². The summed E-state index contributed by atoms with van der Waals surface area (Å²) in [7, 11) is 0. The molecule has 1 aromatic heterocycles. The van der Waals surface area contributed by atoms with Crippen molar-refractivity contribution in [3.05, 3.63) is 58.5 Å². The standard InChI is InChI=1S/C18H22O2/c1-6-18(4,5)15-9-7-14(8-10-15)17(19)16-11-12(2)20-13(16)3/h7-11H,6H2,1-5H3. The molecule has 0 fully saturated rings. The topological polar surface area (TPSA) is 30.2 Å². The van der Waals surface area contributed by atoms with E-state index in [4.69, 9.17) is 4.42 Å². The molecule has 0 spiro atoms. The molecule has 20 heavy (non-hydrogen) atoms. The van der Waals surface area contributed by atoms with Gasteiger partial charge in [-0.05, 0) is 37.3 Å². The monoisotopic (exact) mass is 270 g/mol. The van der Waals surface area contributed by atoms with Crippen LogP contribution in [0.15, 0.2) is 34.7 Å². The van der Waals surface area contributed by atoms with Crippen molar-refractivity contribution >= 4 is 5.78 Å². The highest BCUT2D eigenvalue weighted by Crippen LogP contribution is 2.27. The van der Waals surface area contributed by atoms with Gasteiger partial charge in [0.15, 0.2) is 5.78 Å². The molecule has 0 saturated carbocycles. The van der Waals surface area contributed by atoms with Gasteiger partial charge in [0.2, 0.25) is 0 Å². The average Bonchev–Trinajstić information content (AvgIpc) is 2.77. The first-order valence-corrected chi connectivity index (χ1v) is 7.07. The summed E-state index contributed by atoms with van der Waals surface area (Å²) in [5.41, 5.74) is 2.77. The highest BCUT2D eigenvalue weighted by Gasteiger charge is 2.19. The van der Waals surface area contributed by atoms with E-state index in [1.165, 1.54) is 5.56 Å². The number of ketones is 1. The van der Waals surface area contributed by atoms with Crippen LogP contribution in [0.1, 0.15) is 60.2 Å². The lowest BCUT2D eigenvalue weighted by Gasteiger charge is -2.23. The van der Waals surface area contributed by atoms with E-state index in [0.717, 1.165) is 12.2 Å². The molecule has 0 aliphatic heterocycles. The maximum absolute atomic E-state index is 12.5. The molecule has 2 rings (SSSR count). The van der Waals surface area contributed by atoms with Crippen LogP contribution in [0.5, 0.6) is 0 Å². The van der Waals surface area contributed by atoms with E-state index in [0.29, 0.717) is 16.9 Å². The normalized spacial score (nSPS) is 11.7. The Morgan fingerprint density at radius 2 is 1.75 bits per heavy atom. The zero-order valence-electron chi connectivity index (χ0n) is 12.9. The number of aryl methyl sites for hydroxylation is 2. The molecule has 0 unspecified atom stereocenters. The first-order valence-electron chi connectivity index (χ1n) is 7.07. The highest BCUT2D eigenvalue weighted by atomic mass is 16.3. The fourth-order valence-electron chi connectivity index (χ4n) is 2.29. The Morgan fingerprint density at radius 3 is 2.20 bits per heavy atom. The number of carbonyl (C=O) groups excluding carboxylic acids is 1. The second kappa shape index (κ2) is 5.28. The number of carbonyl (C=O) groups is 1. The largest absolute Gasteiger partial charge is 0.466 e. The van der Waals surface area contributed by atoms with E-state index in [2.05, 4.69) is 32.9 Å². The summed E-state index contributed by atoms with van der Waals surface area (Å²) in [6.45, 7) is 10.3. The maximum atomic E-state index is 12.5. The molecule has 2 heteroatoms. The summed E-state index contributed by atoms with van der Waals surface area (Å²) in [6, 6.07) is 9.74. The van der Waals surface area contributed by atoms with Crippen molar-refractivity contribution in [2.24, 2.45) is 0 Å². The van der Waals surface area contributed by atoms with E-state index in [-0.39, 0.29) is 11.2 Å². The molecular weight excluding hydrogens is 248 g/mol. The van der Waals surface area contributed by atoms with Gasteiger partial charge in [0.25, 0.3) is 0 Å². The van der Waals surface area contributed by atoms with Crippen LogP contribution in [0, 0.1) is 13.8 Å². The third kappa shape index (κ3) is 2.69. The van der Waals surface area contributed by atoms with E-state index in [1.807, 2.05) is 32.0 Å². The summed E-state index contributed by atoms with van der Waals surface area (Å²) in [5, 5.41) is 0. The van der Waals surface area contributed by atoms with Crippen molar-refractivity contribution in [3.8, 4) is 0 Å². The Labute approximate surface area is 120 Å². The van der Waals surface area contributed by atoms with Crippen molar-refractivity contribution in [1.29, 1.82) is 0 Å². The van der Waals surface area contributed by atoms with Crippen LogP contribution in [0.2, 0.25) is 0 Å². The summed E-state index contributed by atoms with van der Waals surface area (Å²) < 4.78 is 5.43. The van der Waals surface area contributed by atoms with E-state index in [1.54, 1.807) is 0 Å². The van der Waals surface area contributed by atoms with Crippen LogP contribution < -0.4 is 0 Å². The van der Waals surface area contributed by atoms with Crippen molar-refractivity contribution in [2.45, 2.75) is 46.5 Å². The average molecular weight is 270 g/mol. The smallest absolute Gasteiger partial charge is 0.196 e. The fraction of sp³-hybridized carbons (Fsp3) is 0.389. The minimum absolute atomic E-state index is 0.0280. The van der Waals surface area contributed by atoms with Crippen LogP contribution in [0.4, 0.5) is 0 Å². The maximum Gasteiger partial charge on any atom is 0.196 e. The van der Waals surface area contributed by atoms with Crippen LogP contribution in [-0.2, 0) is 5.41 Å². The lowest BCUT2D eigenvalue weighted by atomic mass is 9.82. The molecule has 1 heterocycles. The van der Waals surface area contributed by atoms with Gasteiger partial charge in [0, 0.05) is 5.56 Å². The number of hydrogen-bond donors (Lipinski definition) is 0. The molecule has 2 nitrogen and oxygen atoms in total. The van der Waals surface area contributed by atoms with Crippen molar-refractivity contribution < 1.29 is 9.21 Å². The molecule has 0 bridgehead atoms. The van der Waals surface area contributed by atoms with Crippen LogP contribution in [-0.4, -0.2) is 5.78 Å². The Hall–Kier alpha value is -1.83. The van der Waals surface area contributed by atoms with Gasteiger partial charge in [-0.3, -0.25) is 4.79 Å². The molecule has 0 saturated heterocycles. The highest BCUT2D eigenvalue weighted by molar-refractivity contribution is 6.09. The lowest BCUT2D eigenvalue weighted by molar-refractivity contribution is 0.103. The molecule has 0 amide bonds. The van der Waals surface area contributed by atoms with E-state index in [9.17, 15) is 4.79 Å². The summed E-state index contributed by atoms with van der Waals surface area (Å²) in [4.78, 5) is 12.5. The summed E-state index contributed by atoms with van der Waals surface area (Å²) in [6.07, 6.45) is 1.07. The zero-order chi connectivity index (χ0) is 14.9. The number of furan rings is 1. The molecule has 106 valence electrons. The predicted octanol–water partition coefficient (Wildman–Crippen LogP) is 4.82. The second-order valence-electron chi connectivity index (χ2n) is 5.97. The fourth-order valence-corrected chi connectivity index (χ4v) is 2.29. The third-order valence-corrected chi connectivity index (χ3v) is 4.10. The Balaban J connectivity index is 2.31. The molecule has 2 aromatic rings. The van der Waals surface area contributed by atoms with Crippen LogP contribution in [0.25, 0.3) is 0 Å². The van der Waals surface area contributed by atoms with Crippen molar-refractivity contribution in [2.75, 3.05) is 0 Å².